The summed E-state index contributed by atoms with van der Waals surface area (Å²) in [4.78, 5) is 10.4. The molecule has 1 unspecified atom stereocenters. The fourth-order valence-electron chi connectivity index (χ4n) is 2.65. The van der Waals surface area contributed by atoms with E-state index in [2.05, 4.69) is 38.5 Å². The van der Waals surface area contributed by atoms with Crippen LogP contribution in [0, 0.1) is 0 Å². The number of thiophene rings is 1. The van der Waals surface area contributed by atoms with Crippen LogP contribution >= 0.6 is 22.7 Å². The van der Waals surface area contributed by atoms with Gasteiger partial charge in [-0.25, -0.2) is 4.98 Å². The van der Waals surface area contributed by atoms with Gasteiger partial charge in [0.2, 0.25) is 0 Å². The minimum absolute atomic E-state index is 0.530. The predicted octanol–water partition coefficient (Wildman–Crippen LogP) is 2.67. The Labute approximate surface area is 127 Å². The maximum absolute atomic E-state index is 5.68. The van der Waals surface area contributed by atoms with Crippen molar-refractivity contribution in [1.82, 2.24) is 14.8 Å². The molecular formula is C14H20N4S2. The van der Waals surface area contributed by atoms with Gasteiger partial charge in [-0.2, -0.15) is 11.3 Å². The lowest BCUT2D eigenvalue weighted by atomic mass is 10.1. The standard InChI is InChI=1S/C14H20N4S2/c1-11(12-2-7-19-10-12)18-5-3-17(4-6-18)9-13-8-16-14(15)20-13/h2,7-8,10-11H,3-6,9H2,1H3,(H2,15,16). The Morgan fingerprint density at radius 1 is 1.35 bits per heavy atom. The molecule has 1 atom stereocenters. The second-order valence-electron chi connectivity index (χ2n) is 5.21. The third kappa shape index (κ3) is 3.20. The number of nitrogens with two attached hydrogens (primary N) is 1. The van der Waals surface area contributed by atoms with Crippen LogP contribution in [0.3, 0.4) is 0 Å². The van der Waals surface area contributed by atoms with Crippen LogP contribution in [-0.4, -0.2) is 41.0 Å². The van der Waals surface area contributed by atoms with Gasteiger partial charge in [0.15, 0.2) is 5.13 Å². The summed E-state index contributed by atoms with van der Waals surface area (Å²) >= 11 is 3.38. The Balaban J connectivity index is 1.52. The number of hydrogen-bond donors (Lipinski definition) is 1. The molecule has 0 bridgehead atoms. The molecule has 0 radical (unpaired) electrons. The minimum atomic E-state index is 0.530. The van der Waals surface area contributed by atoms with E-state index in [9.17, 15) is 0 Å². The molecule has 0 aromatic carbocycles. The minimum Gasteiger partial charge on any atom is -0.375 e. The van der Waals surface area contributed by atoms with Gasteiger partial charge in [-0.05, 0) is 29.3 Å². The van der Waals surface area contributed by atoms with E-state index in [4.69, 9.17) is 5.73 Å². The lowest BCUT2D eigenvalue weighted by Crippen LogP contribution is -2.46. The van der Waals surface area contributed by atoms with Crippen molar-refractivity contribution in [3.8, 4) is 0 Å². The predicted molar refractivity (Wildman–Crippen MR) is 86.1 cm³/mol. The van der Waals surface area contributed by atoms with Crippen LogP contribution < -0.4 is 5.73 Å². The Hall–Kier alpha value is -0.950. The van der Waals surface area contributed by atoms with Gasteiger partial charge in [-0.1, -0.05) is 0 Å². The Bertz CT molecular complexity index is 529. The van der Waals surface area contributed by atoms with E-state index in [0.29, 0.717) is 11.2 Å². The zero-order chi connectivity index (χ0) is 13.9. The second-order valence-corrected chi connectivity index (χ2v) is 7.14. The summed E-state index contributed by atoms with van der Waals surface area (Å²) in [7, 11) is 0. The first kappa shape index (κ1) is 14.0. The van der Waals surface area contributed by atoms with Crippen LogP contribution in [0.25, 0.3) is 0 Å². The van der Waals surface area contributed by atoms with Crippen LogP contribution in [-0.2, 0) is 6.54 Å². The molecule has 3 heterocycles. The first-order valence-corrected chi connectivity index (χ1v) is 8.67. The van der Waals surface area contributed by atoms with Crippen molar-refractivity contribution < 1.29 is 0 Å². The molecule has 0 amide bonds. The molecule has 6 heteroatoms. The SMILES string of the molecule is CC(c1ccsc1)N1CCN(Cc2cnc(N)s2)CC1. The average Bonchev–Trinajstić information content (AvgIpc) is 3.11. The highest BCUT2D eigenvalue weighted by Crippen LogP contribution is 2.24. The highest BCUT2D eigenvalue weighted by molar-refractivity contribution is 7.15. The fourth-order valence-corrected chi connectivity index (χ4v) is 4.12. The van der Waals surface area contributed by atoms with Crippen LogP contribution in [0.2, 0.25) is 0 Å². The molecule has 20 heavy (non-hydrogen) atoms. The molecule has 2 aromatic rings. The highest BCUT2D eigenvalue weighted by atomic mass is 32.1. The van der Waals surface area contributed by atoms with Crippen molar-refractivity contribution in [3.05, 3.63) is 33.5 Å². The van der Waals surface area contributed by atoms with Gasteiger partial charge in [0, 0.05) is 49.8 Å². The maximum atomic E-state index is 5.68. The van der Waals surface area contributed by atoms with Crippen molar-refractivity contribution in [3.63, 3.8) is 0 Å². The Morgan fingerprint density at radius 2 is 2.15 bits per heavy atom. The average molecular weight is 308 g/mol. The third-order valence-corrected chi connectivity index (χ3v) is 5.44. The molecule has 1 fully saturated rings. The zero-order valence-electron chi connectivity index (χ0n) is 11.7. The van der Waals surface area contributed by atoms with E-state index < -0.39 is 0 Å². The molecule has 2 N–H and O–H groups in total. The van der Waals surface area contributed by atoms with Crippen molar-refractivity contribution in [1.29, 1.82) is 0 Å². The van der Waals surface area contributed by atoms with E-state index >= 15 is 0 Å². The van der Waals surface area contributed by atoms with Crippen LogP contribution in [0.4, 0.5) is 5.13 Å². The van der Waals surface area contributed by atoms with E-state index in [0.717, 1.165) is 32.7 Å². The molecule has 1 aliphatic rings. The number of anilines is 1. The molecule has 0 aliphatic carbocycles. The van der Waals surface area contributed by atoms with E-state index in [1.807, 2.05) is 6.20 Å². The van der Waals surface area contributed by atoms with Crippen LogP contribution in [0.5, 0.6) is 0 Å². The Morgan fingerprint density at radius 3 is 2.75 bits per heavy atom. The fraction of sp³-hybridized carbons (Fsp3) is 0.500. The first-order valence-electron chi connectivity index (χ1n) is 6.91. The topological polar surface area (TPSA) is 45.4 Å². The summed E-state index contributed by atoms with van der Waals surface area (Å²) in [6, 6.07) is 2.77. The first-order chi connectivity index (χ1) is 9.72. The molecule has 1 aliphatic heterocycles. The summed E-state index contributed by atoms with van der Waals surface area (Å²) in [5.74, 6) is 0. The number of hydrogen-bond acceptors (Lipinski definition) is 6. The Kier molecular flexibility index (Phi) is 4.35. The maximum Gasteiger partial charge on any atom is 0.180 e. The van der Waals surface area contributed by atoms with Crippen molar-refractivity contribution in [2.24, 2.45) is 0 Å². The number of rotatable bonds is 4. The normalized spacial score (nSPS) is 19.2. The molecule has 1 saturated heterocycles. The molecule has 0 saturated carbocycles. The summed E-state index contributed by atoms with van der Waals surface area (Å²) < 4.78 is 0. The highest BCUT2D eigenvalue weighted by Gasteiger charge is 2.22. The number of nitrogen functional groups attached to an aromatic ring is 1. The van der Waals surface area contributed by atoms with Gasteiger partial charge in [-0.3, -0.25) is 9.80 Å². The van der Waals surface area contributed by atoms with E-state index in [-0.39, 0.29) is 0 Å². The quantitative estimate of drug-likeness (QED) is 0.943. The van der Waals surface area contributed by atoms with E-state index in [1.165, 1.54) is 10.4 Å². The molecule has 2 aromatic heterocycles. The molecule has 0 spiro atoms. The number of aromatic nitrogens is 1. The van der Waals surface area contributed by atoms with Gasteiger partial charge in [-0.15, -0.1) is 11.3 Å². The summed E-state index contributed by atoms with van der Waals surface area (Å²) in [5, 5.41) is 5.10. The van der Waals surface area contributed by atoms with Crippen molar-refractivity contribution in [2.75, 3.05) is 31.9 Å². The second kappa shape index (κ2) is 6.22. The summed E-state index contributed by atoms with van der Waals surface area (Å²) in [5.41, 5.74) is 7.12. The number of thiazole rings is 1. The monoisotopic (exact) mass is 308 g/mol. The molecule has 3 rings (SSSR count). The number of nitrogens with zero attached hydrogens (tertiary/aromatic N) is 3. The largest absolute Gasteiger partial charge is 0.375 e. The number of piperazine rings is 1. The van der Waals surface area contributed by atoms with E-state index in [1.54, 1.807) is 22.7 Å². The smallest absolute Gasteiger partial charge is 0.180 e. The molecular weight excluding hydrogens is 288 g/mol. The molecule has 108 valence electrons. The lowest BCUT2D eigenvalue weighted by molar-refractivity contribution is 0.0986. The van der Waals surface area contributed by atoms with Crippen LogP contribution in [0.1, 0.15) is 23.4 Å². The van der Waals surface area contributed by atoms with Gasteiger partial charge < -0.3 is 5.73 Å². The van der Waals surface area contributed by atoms with Crippen LogP contribution in [0.15, 0.2) is 23.0 Å². The summed E-state index contributed by atoms with van der Waals surface area (Å²) in [6.45, 7) is 7.78. The van der Waals surface area contributed by atoms with Crippen molar-refractivity contribution in [2.45, 2.75) is 19.5 Å². The van der Waals surface area contributed by atoms with Crippen molar-refractivity contribution >= 4 is 27.8 Å². The van der Waals surface area contributed by atoms with Gasteiger partial charge in [0.05, 0.1) is 0 Å². The summed E-state index contributed by atoms with van der Waals surface area (Å²) in [6.07, 6.45) is 1.90. The van der Waals surface area contributed by atoms with Gasteiger partial charge >= 0.3 is 0 Å². The van der Waals surface area contributed by atoms with Gasteiger partial charge in [0.25, 0.3) is 0 Å². The van der Waals surface area contributed by atoms with Gasteiger partial charge in [0.1, 0.15) is 0 Å². The third-order valence-electron chi connectivity index (χ3n) is 3.93. The molecule has 4 nitrogen and oxygen atoms in total. The lowest BCUT2D eigenvalue weighted by Gasteiger charge is -2.37. The zero-order valence-corrected chi connectivity index (χ0v) is 13.3.